The number of benzene rings is 2. The molecular weight excluding hydrogens is 382 g/mol. The maximum absolute atomic E-state index is 11.9. The van der Waals surface area contributed by atoms with Crippen molar-refractivity contribution in [1.82, 2.24) is 5.32 Å². The van der Waals surface area contributed by atoms with E-state index in [1.54, 1.807) is 24.3 Å². The summed E-state index contributed by atoms with van der Waals surface area (Å²) in [5.74, 6) is -0.383. The topological polar surface area (TPSA) is 118 Å². The summed E-state index contributed by atoms with van der Waals surface area (Å²) in [6.45, 7) is 0.0514. The number of nitro benzene ring substituents is 1. The Balaban J connectivity index is 2.02. The smallest absolute Gasteiger partial charge is 0.293 e. The molecule has 0 fully saturated rings. The first kappa shape index (κ1) is 19.7. The summed E-state index contributed by atoms with van der Waals surface area (Å²) in [7, 11) is -3.57. The van der Waals surface area contributed by atoms with Crippen LogP contribution in [0.5, 0.6) is 0 Å². The Bertz CT molecular complexity index is 947. The summed E-state index contributed by atoms with van der Waals surface area (Å²) in [6.07, 6.45) is 0.961. The fourth-order valence-electron chi connectivity index (χ4n) is 2.13. The van der Waals surface area contributed by atoms with E-state index in [0.717, 1.165) is 17.9 Å². The zero-order valence-electron chi connectivity index (χ0n) is 13.7. The quantitative estimate of drug-likeness (QED) is 0.547. The number of hydrogen-bond acceptors (Lipinski definition) is 6. The molecule has 138 valence electrons. The number of nitrogens with one attached hydrogen (secondary N) is 2. The Kier molecular flexibility index (Phi) is 6.17. The van der Waals surface area contributed by atoms with Gasteiger partial charge in [0, 0.05) is 23.9 Å². The van der Waals surface area contributed by atoms with E-state index in [4.69, 9.17) is 11.6 Å². The lowest BCUT2D eigenvalue weighted by Crippen LogP contribution is -2.29. The molecule has 0 aliphatic carbocycles. The molecule has 1 amide bonds. The Labute approximate surface area is 155 Å². The molecule has 0 aliphatic rings. The van der Waals surface area contributed by atoms with Crippen molar-refractivity contribution in [1.29, 1.82) is 0 Å². The molecule has 0 atom stereocenters. The van der Waals surface area contributed by atoms with Crippen molar-refractivity contribution in [2.45, 2.75) is 11.4 Å². The molecular formula is C16H16ClN3O5S. The highest BCUT2D eigenvalue weighted by atomic mass is 35.5. The molecule has 0 saturated heterocycles. The zero-order valence-corrected chi connectivity index (χ0v) is 15.3. The van der Waals surface area contributed by atoms with E-state index in [0.29, 0.717) is 5.02 Å². The van der Waals surface area contributed by atoms with Gasteiger partial charge in [-0.05, 0) is 29.8 Å². The summed E-state index contributed by atoms with van der Waals surface area (Å²) >= 11 is 5.86. The predicted octanol–water partition coefficient (Wildman–Crippen LogP) is 2.38. The average molecular weight is 398 g/mol. The Morgan fingerprint density at radius 2 is 1.96 bits per heavy atom. The minimum Gasteiger partial charge on any atom is -0.371 e. The van der Waals surface area contributed by atoms with Crippen LogP contribution >= 0.6 is 11.6 Å². The van der Waals surface area contributed by atoms with Gasteiger partial charge in [-0.1, -0.05) is 23.7 Å². The molecule has 8 nitrogen and oxygen atoms in total. The number of halogens is 1. The van der Waals surface area contributed by atoms with E-state index >= 15 is 0 Å². The van der Waals surface area contributed by atoms with Crippen LogP contribution < -0.4 is 10.6 Å². The molecule has 0 aliphatic heterocycles. The normalized spacial score (nSPS) is 11.0. The van der Waals surface area contributed by atoms with E-state index in [1.807, 2.05) is 0 Å². The van der Waals surface area contributed by atoms with Gasteiger partial charge < -0.3 is 10.6 Å². The molecule has 0 heterocycles. The molecule has 26 heavy (non-hydrogen) atoms. The minimum atomic E-state index is -3.57. The fourth-order valence-corrected chi connectivity index (χ4v) is 2.98. The van der Waals surface area contributed by atoms with Gasteiger partial charge in [0.15, 0.2) is 9.84 Å². The van der Waals surface area contributed by atoms with Crippen LogP contribution in [0.3, 0.4) is 0 Å². The van der Waals surface area contributed by atoms with Crippen LogP contribution in [0.25, 0.3) is 0 Å². The van der Waals surface area contributed by atoms with Gasteiger partial charge >= 0.3 is 0 Å². The van der Waals surface area contributed by atoms with Crippen LogP contribution in [-0.4, -0.2) is 32.0 Å². The number of nitrogens with zero attached hydrogens (tertiary/aromatic N) is 1. The first-order valence-corrected chi connectivity index (χ1v) is 9.67. The van der Waals surface area contributed by atoms with E-state index in [1.165, 1.54) is 12.1 Å². The van der Waals surface area contributed by atoms with Crippen molar-refractivity contribution < 1.29 is 18.1 Å². The summed E-state index contributed by atoms with van der Waals surface area (Å²) in [6, 6.07) is 10.5. The van der Waals surface area contributed by atoms with E-state index in [-0.39, 0.29) is 29.6 Å². The third kappa shape index (κ3) is 5.43. The number of carbonyl (C=O) groups is 1. The van der Waals surface area contributed by atoms with Crippen LogP contribution in [0.15, 0.2) is 47.4 Å². The molecule has 0 bridgehead atoms. The van der Waals surface area contributed by atoms with Crippen molar-refractivity contribution in [3.8, 4) is 0 Å². The summed E-state index contributed by atoms with van der Waals surface area (Å²) < 4.78 is 23.0. The number of sulfone groups is 1. The molecule has 0 spiro atoms. The van der Waals surface area contributed by atoms with Crippen molar-refractivity contribution in [2.75, 3.05) is 18.1 Å². The molecule has 2 aromatic rings. The third-order valence-electron chi connectivity index (χ3n) is 3.41. The maximum atomic E-state index is 11.9. The second-order valence-corrected chi connectivity index (χ2v) is 7.92. The van der Waals surface area contributed by atoms with Gasteiger partial charge in [-0.3, -0.25) is 14.9 Å². The first-order valence-electron chi connectivity index (χ1n) is 7.40. The molecule has 10 heteroatoms. The lowest BCUT2D eigenvalue weighted by atomic mass is 10.2. The molecule has 0 radical (unpaired) electrons. The Morgan fingerprint density at radius 3 is 2.58 bits per heavy atom. The zero-order chi connectivity index (χ0) is 19.3. The lowest BCUT2D eigenvalue weighted by molar-refractivity contribution is -0.384. The van der Waals surface area contributed by atoms with Gasteiger partial charge in [-0.2, -0.15) is 0 Å². The number of nitro groups is 1. The second-order valence-electron chi connectivity index (χ2n) is 5.47. The maximum Gasteiger partial charge on any atom is 0.293 e. The fraction of sp³-hybridized carbons (Fsp3) is 0.188. The molecule has 0 unspecified atom stereocenters. The van der Waals surface area contributed by atoms with Gasteiger partial charge in [0.05, 0.1) is 16.4 Å². The standard InChI is InChI=1S/C16H16ClN3O5S/c1-26(24,25)13-5-6-14(15(8-13)20(22)23)18-10-16(21)19-9-11-3-2-4-12(17)7-11/h2-8,18H,9-10H2,1H3,(H,19,21). The minimum absolute atomic E-state index is 0.0558. The molecule has 2 rings (SSSR count). The first-order chi connectivity index (χ1) is 12.2. The number of carbonyl (C=O) groups excluding carboxylic acids is 1. The average Bonchev–Trinajstić information content (AvgIpc) is 2.57. The highest BCUT2D eigenvalue weighted by Crippen LogP contribution is 2.27. The summed E-state index contributed by atoms with van der Waals surface area (Å²) in [5.41, 5.74) is 0.449. The van der Waals surface area contributed by atoms with Gasteiger partial charge in [0.2, 0.25) is 5.91 Å². The highest BCUT2D eigenvalue weighted by Gasteiger charge is 2.19. The number of rotatable bonds is 7. The number of anilines is 1. The van der Waals surface area contributed by atoms with Gasteiger partial charge in [0.1, 0.15) is 5.69 Å². The number of amides is 1. The molecule has 2 aromatic carbocycles. The number of hydrogen-bond donors (Lipinski definition) is 2. The van der Waals surface area contributed by atoms with Crippen LogP contribution in [0.4, 0.5) is 11.4 Å². The Morgan fingerprint density at radius 1 is 1.23 bits per heavy atom. The van der Waals surface area contributed by atoms with Crippen molar-refractivity contribution >= 4 is 38.7 Å². The second kappa shape index (κ2) is 8.15. The monoisotopic (exact) mass is 397 g/mol. The van der Waals surface area contributed by atoms with Crippen LogP contribution in [0.2, 0.25) is 5.02 Å². The van der Waals surface area contributed by atoms with E-state index in [9.17, 15) is 23.3 Å². The largest absolute Gasteiger partial charge is 0.371 e. The summed E-state index contributed by atoms with van der Waals surface area (Å²) in [5, 5.41) is 17.0. The summed E-state index contributed by atoms with van der Waals surface area (Å²) in [4.78, 5) is 22.2. The van der Waals surface area contributed by atoms with Crippen LogP contribution in [0.1, 0.15) is 5.56 Å². The van der Waals surface area contributed by atoms with Crippen molar-refractivity contribution in [2.24, 2.45) is 0 Å². The third-order valence-corrected chi connectivity index (χ3v) is 4.76. The van der Waals surface area contributed by atoms with Crippen molar-refractivity contribution in [3.63, 3.8) is 0 Å². The van der Waals surface area contributed by atoms with Gasteiger partial charge in [-0.15, -0.1) is 0 Å². The predicted molar refractivity (Wildman–Crippen MR) is 98.0 cm³/mol. The van der Waals surface area contributed by atoms with Crippen LogP contribution in [0, 0.1) is 10.1 Å². The van der Waals surface area contributed by atoms with E-state index in [2.05, 4.69) is 10.6 Å². The SMILES string of the molecule is CS(=O)(=O)c1ccc(NCC(=O)NCc2cccc(Cl)c2)c([N+](=O)[O-])c1. The Hall–Kier alpha value is -2.65. The van der Waals surface area contributed by atoms with Gasteiger partial charge in [0.25, 0.3) is 5.69 Å². The lowest BCUT2D eigenvalue weighted by Gasteiger charge is -2.09. The van der Waals surface area contributed by atoms with Gasteiger partial charge in [-0.25, -0.2) is 8.42 Å². The molecule has 2 N–H and O–H groups in total. The highest BCUT2D eigenvalue weighted by molar-refractivity contribution is 7.90. The van der Waals surface area contributed by atoms with E-state index < -0.39 is 20.4 Å². The molecule has 0 aromatic heterocycles. The van der Waals surface area contributed by atoms with Crippen LogP contribution in [-0.2, 0) is 21.2 Å². The van der Waals surface area contributed by atoms with Crippen molar-refractivity contribution in [3.05, 3.63) is 63.2 Å². The molecule has 0 saturated carbocycles.